The summed E-state index contributed by atoms with van der Waals surface area (Å²) in [5.74, 6) is 0.275. The van der Waals surface area contributed by atoms with Crippen LogP contribution in [0.3, 0.4) is 0 Å². The zero-order valence-corrected chi connectivity index (χ0v) is 14.9. The second-order valence-corrected chi connectivity index (χ2v) is 8.40. The van der Waals surface area contributed by atoms with E-state index in [2.05, 4.69) is 5.16 Å². The van der Waals surface area contributed by atoms with E-state index in [0.717, 1.165) is 0 Å². The Bertz CT molecular complexity index is 662. The number of ether oxygens (including phenoxy) is 1. The van der Waals surface area contributed by atoms with Crippen LogP contribution in [-0.4, -0.2) is 60.7 Å². The Labute approximate surface area is 136 Å². The zero-order valence-electron chi connectivity index (χ0n) is 14.1. The third-order valence-corrected chi connectivity index (χ3v) is 5.60. The summed E-state index contributed by atoms with van der Waals surface area (Å²) in [6.45, 7) is 9.56. The van der Waals surface area contributed by atoms with Gasteiger partial charge in [-0.1, -0.05) is 5.16 Å². The van der Waals surface area contributed by atoms with E-state index >= 15 is 0 Å². The largest absolute Gasteiger partial charge is 0.444 e. The van der Waals surface area contributed by atoms with Crippen molar-refractivity contribution < 1.29 is 22.5 Å². The number of sulfonamides is 1. The van der Waals surface area contributed by atoms with Crippen molar-refractivity contribution >= 4 is 16.1 Å². The summed E-state index contributed by atoms with van der Waals surface area (Å²) >= 11 is 0. The van der Waals surface area contributed by atoms with Gasteiger partial charge in [-0.05, 0) is 34.6 Å². The summed E-state index contributed by atoms with van der Waals surface area (Å²) < 4.78 is 37.0. The summed E-state index contributed by atoms with van der Waals surface area (Å²) in [4.78, 5) is 13.7. The number of carbonyl (C=O) groups is 1. The first-order chi connectivity index (χ1) is 10.5. The Morgan fingerprint density at radius 2 is 1.74 bits per heavy atom. The molecular weight excluding hydrogens is 322 g/mol. The quantitative estimate of drug-likeness (QED) is 0.807. The van der Waals surface area contributed by atoms with E-state index in [1.165, 1.54) is 9.21 Å². The predicted molar refractivity (Wildman–Crippen MR) is 82.5 cm³/mol. The molecular formula is C14H23N3O5S. The van der Waals surface area contributed by atoms with Gasteiger partial charge < -0.3 is 14.2 Å². The average Bonchev–Trinajstić information content (AvgIpc) is 2.77. The number of rotatable bonds is 2. The van der Waals surface area contributed by atoms with Crippen LogP contribution in [0.2, 0.25) is 0 Å². The number of nitrogens with zero attached hydrogens (tertiary/aromatic N) is 3. The molecule has 8 nitrogen and oxygen atoms in total. The minimum atomic E-state index is -3.67. The van der Waals surface area contributed by atoms with Crippen molar-refractivity contribution in [2.45, 2.75) is 45.1 Å². The van der Waals surface area contributed by atoms with E-state index in [4.69, 9.17) is 9.26 Å². The minimum absolute atomic E-state index is 0.114. The van der Waals surface area contributed by atoms with Crippen molar-refractivity contribution in [2.75, 3.05) is 26.2 Å². The smallest absolute Gasteiger partial charge is 0.410 e. The van der Waals surface area contributed by atoms with E-state index in [-0.39, 0.29) is 36.8 Å². The highest BCUT2D eigenvalue weighted by atomic mass is 32.2. The van der Waals surface area contributed by atoms with Gasteiger partial charge in [-0.3, -0.25) is 0 Å². The minimum Gasteiger partial charge on any atom is -0.444 e. The molecule has 0 spiro atoms. The monoisotopic (exact) mass is 345 g/mol. The summed E-state index contributed by atoms with van der Waals surface area (Å²) in [5, 5.41) is 3.70. The van der Waals surface area contributed by atoms with E-state index in [0.29, 0.717) is 5.69 Å². The topological polar surface area (TPSA) is 93.0 Å². The molecule has 130 valence electrons. The van der Waals surface area contributed by atoms with E-state index in [1.54, 1.807) is 34.6 Å². The number of carbonyl (C=O) groups excluding carboxylic acids is 1. The van der Waals surface area contributed by atoms with Crippen LogP contribution < -0.4 is 0 Å². The lowest BCUT2D eigenvalue weighted by Gasteiger charge is -2.34. The highest BCUT2D eigenvalue weighted by Gasteiger charge is 2.35. The molecule has 0 aliphatic carbocycles. The van der Waals surface area contributed by atoms with Crippen LogP contribution in [-0.2, 0) is 14.8 Å². The number of hydrogen-bond acceptors (Lipinski definition) is 6. The van der Waals surface area contributed by atoms with Crippen LogP contribution in [0.1, 0.15) is 32.2 Å². The lowest BCUT2D eigenvalue weighted by atomic mass is 10.2. The molecule has 0 aromatic carbocycles. The van der Waals surface area contributed by atoms with Gasteiger partial charge in [0.25, 0.3) is 0 Å². The molecule has 2 rings (SSSR count). The molecule has 23 heavy (non-hydrogen) atoms. The second-order valence-electron chi connectivity index (χ2n) is 6.52. The van der Waals surface area contributed by atoms with E-state index in [1.807, 2.05) is 0 Å². The van der Waals surface area contributed by atoms with Gasteiger partial charge in [0.05, 0.1) is 0 Å². The van der Waals surface area contributed by atoms with Crippen molar-refractivity contribution in [2.24, 2.45) is 0 Å². The third-order valence-electron chi connectivity index (χ3n) is 3.46. The van der Waals surface area contributed by atoms with Crippen LogP contribution in [0.15, 0.2) is 9.42 Å². The summed E-state index contributed by atoms with van der Waals surface area (Å²) in [6.07, 6.45) is -0.424. The third kappa shape index (κ3) is 3.84. The van der Waals surface area contributed by atoms with Gasteiger partial charge >= 0.3 is 6.09 Å². The standard InChI is InChI=1S/C14H23N3O5S/c1-10-12(11(2)22-15-10)23(19,20)17-8-6-16(7-9-17)13(18)21-14(3,4)5/h6-9H2,1-5H3. The van der Waals surface area contributed by atoms with Gasteiger partial charge in [0.2, 0.25) is 10.0 Å². The maximum Gasteiger partial charge on any atom is 0.410 e. The molecule has 0 unspecified atom stereocenters. The molecule has 0 radical (unpaired) electrons. The van der Waals surface area contributed by atoms with E-state index < -0.39 is 21.7 Å². The molecule has 0 saturated carbocycles. The SMILES string of the molecule is Cc1noc(C)c1S(=O)(=O)N1CCN(C(=O)OC(C)(C)C)CC1. The molecule has 0 atom stereocenters. The first kappa shape index (κ1) is 17.7. The van der Waals surface area contributed by atoms with Crippen molar-refractivity contribution in [1.82, 2.24) is 14.4 Å². The number of amides is 1. The second kappa shape index (κ2) is 6.12. The number of hydrogen-bond donors (Lipinski definition) is 0. The average molecular weight is 345 g/mol. The van der Waals surface area contributed by atoms with Gasteiger partial charge in [0.1, 0.15) is 16.2 Å². The fraction of sp³-hybridized carbons (Fsp3) is 0.714. The van der Waals surface area contributed by atoms with Crippen LogP contribution in [0.5, 0.6) is 0 Å². The Morgan fingerprint density at radius 3 is 2.17 bits per heavy atom. The molecule has 0 bridgehead atoms. The van der Waals surface area contributed by atoms with Gasteiger partial charge in [-0.25, -0.2) is 13.2 Å². The number of piperazine rings is 1. The first-order valence-corrected chi connectivity index (χ1v) is 8.87. The molecule has 1 aromatic rings. The first-order valence-electron chi connectivity index (χ1n) is 7.43. The Morgan fingerprint density at radius 1 is 1.17 bits per heavy atom. The van der Waals surface area contributed by atoms with Crippen molar-refractivity contribution in [3.63, 3.8) is 0 Å². The van der Waals surface area contributed by atoms with Gasteiger partial charge in [0, 0.05) is 26.2 Å². The maximum atomic E-state index is 12.7. The van der Waals surface area contributed by atoms with Crippen LogP contribution >= 0.6 is 0 Å². The summed E-state index contributed by atoms with van der Waals surface area (Å²) in [5.41, 5.74) is -0.228. The fourth-order valence-corrected chi connectivity index (χ4v) is 4.12. The lowest BCUT2D eigenvalue weighted by Crippen LogP contribution is -2.51. The highest BCUT2D eigenvalue weighted by Crippen LogP contribution is 2.24. The van der Waals surface area contributed by atoms with Crippen molar-refractivity contribution in [3.05, 3.63) is 11.5 Å². The van der Waals surface area contributed by atoms with Gasteiger partial charge in [0.15, 0.2) is 5.76 Å². The van der Waals surface area contributed by atoms with Crippen molar-refractivity contribution in [3.8, 4) is 0 Å². The van der Waals surface area contributed by atoms with Crippen molar-refractivity contribution in [1.29, 1.82) is 0 Å². The Balaban J connectivity index is 2.06. The highest BCUT2D eigenvalue weighted by molar-refractivity contribution is 7.89. The predicted octanol–water partition coefficient (Wildman–Crippen LogP) is 1.53. The van der Waals surface area contributed by atoms with Gasteiger partial charge in [-0.2, -0.15) is 4.31 Å². The lowest BCUT2D eigenvalue weighted by molar-refractivity contribution is 0.0192. The van der Waals surface area contributed by atoms with Crippen LogP contribution in [0.4, 0.5) is 4.79 Å². The molecule has 1 aliphatic rings. The molecule has 1 aromatic heterocycles. The molecule has 9 heteroatoms. The molecule has 1 saturated heterocycles. The number of aromatic nitrogens is 1. The summed E-state index contributed by atoms with van der Waals surface area (Å²) in [7, 11) is -3.67. The Hall–Kier alpha value is -1.61. The van der Waals surface area contributed by atoms with Crippen LogP contribution in [0.25, 0.3) is 0 Å². The van der Waals surface area contributed by atoms with Gasteiger partial charge in [-0.15, -0.1) is 0 Å². The normalized spacial score (nSPS) is 17.3. The molecule has 2 heterocycles. The van der Waals surface area contributed by atoms with Crippen LogP contribution in [0, 0.1) is 13.8 Å². The molecule has 0 N–H and O–H groups in total. The molecule has 1 fully saturated rings. The molecule has 1 amide bonds. The molecule has 1 aliphatic heterocycles. The zero-order chi connectivity index (χ0) is 17.4. The Kier molecular flexibility index (Phi) is 4.72. The summed E-state index contributed by atoms with van der Waals surface area (Å²) in [6, 6.07) is 0. The maximum absolute atomic E-state index is 12.7. The fourth-order valence-electron chi connectivity index (χ4n) is 2.41. The van der Waals surface area contributed by atoms with E-state index in [9.17, 15) is 13.2 Å². The number of aryl methyl sites for hydroxylation is 2.